The van der Waals surface area contributed by atoms with Crippen LogP contribution in [0.2, 0.25) is 0 Å². The second kappa shape index (κ2) is 5.23. The summed E-state index contributed by atoms with van der Waals surface area (Å²) < 4.78 is 5.09. The number of nitrogens with one attached hydrogen (secondary N) is 1. The third-order valence-corrected chi connectivity index (χ3v) is 2.33. The van der Waals surface area contributed by atoms with Crippen molar-refractivity contribution in [3.63, 3.8) is 0 Å². The van der Waals surface area contributed by atoms with Gasteiger partial charge in [0.1, 0.15) is 5.75 Å². The van der Waals surface area contributed by atoms with Crippen LogP contribution in [-0.2, 0) is 6.54 Å². The van der Waals surface area contributed by atoms with Gasteiger partial charge in [0.15, 0.2) is 0 Å². The summed E-state index contributed by atoms with van der Waals surface area (Å²) in [5.41, 5.74) is 1.33. The molecule has 0 unspecified atom stereocenters. The van der Waals surface area contributed by atoms with Crippen LogP contribution in [0.4, 0.5) is 0 Å². The van der Waals surface area contributed by atoms with E-state index in [2.05, 4.69) is 17.4 Å². The number of ether oxygens (including phenoxy) is 1. The van der Waals surface area contributed by atoms with Crippen LogP contribution in [0.25, 0.3) is 0 Å². The van der Waals surface area contributed by atoms with Crippen molar-refractivity contribution in [1.82, 2.24) is 5.32 Å². The molecule has 0 aromatic heterocycles. The van der Waals surface area contributed by atoms with Crippen LogP contribution < -0.4 is 10.1 Å². The van der Waals surface area contributed by atoms with Gasteiger partial charge >= 0.3 is 0 Å². The zero-order chi connectivity index (χ0) is 9.10. The number of benzene rings is 1. The van der Waals surface area contributed by atoms with Gasteiger partial charge in [0.2, 0.25) is 0 Å². The minimum atomic E-state index is 0. The Morgan fingerprint density at radius 1 is 1.29 bits per heavy atom. The molecule has 78 valence electrons. The largest absolute Gasteiger partial charge is 0.497 e. The van der Waals surface area contributed by atoms with E-state index in [-0.39, 0.29) is 12.4 Å². The van der Waals surface area contributed by atoms with E-state index in [0.717, 1.165) is 18.3 Å². The second-order valence-corrected chi connectivity index (χ2v) is 3.50. The Morgan fingerprint density at radius 3 is 2.43 bits per heavy atom. The molecule has 0 heterocycles. The lowest BCUT2D eigenvalue weighted by molar-refractivity contribution is 0.414. The fourth-order valence-electron chi connectivity index (χ4n) is 1.29. The molecule has 1 aromatic rings. The van der Waals surface area contributed by atoms with E-state index in [0.29, 0.717) is 0 Å². The molecule has 0 saturated heterocycles. The summed E-state index contributed by atoms with van der Waals surface area (Å²) in [6.07, 6.45) is 2.69. The van der Waals surface area contributed by atoms with Crippen LogP contribution in [0.3, 0.4) is 0 Å². The molecule has 0 atom stereocenters. The lowest BCUT2D eigenvalue weighted by Crippen LogP contribution is -2.14. The molecule has 1 aromatic carbocycles. The number of rotatable bonds is 4. The molecule has 0 bridgehead atoms. The Bertz CT molecular complexity index is 269. The maximum absolute atomic E-state index is 5.09. The van der Waals surface area contributed by atoms with E-state index in [4.69, 9.17) is 4.74 Å². The van der Waals surface area contributed by atoms with Gasteiger partial charge in [-0.1, -0.05) is 12.1 Å². The average Bonchev–Trinajstić information content (AvgIpc) is 2.99. The molecule has 3 heteroatoms. The predicted molar refractivity (Wildman–Crippen MR) is 60.1 cm³/mol. The summed E-state index contributed by atoms with van der Waals surface area (Å²) in [7, 11) is 1.69. The van der Waals surface area contributed by atoms with Gasteiger partial charge in [-0.3, -0.25) is 0 Å². The molecule has 1 fully saturated rings. The molecule has 0 aliphatic heterocycles. The molecule has 0 amide bonds. The first-order valence-corrected chi connectivity index (χ1v) is 4.75. The quantitative estimate of drug-likeness (QED) is 0.829. The van der Waals surface area contributed by atoms with Gasteiger partial charge in [-0.2, -0.15) is 0 Å². The monoisotopic (exact) mass is 213 g/mol. The molecule has 1 aliphatic carbocycles. The molecule has 2 nitrogen and oxygen atoms in total. The number of hydrogen-bond acceptors (Lipinski definition) is 2. The maximum Gasteiger partial charge on any atom is 0.118 e. The first-order chi connectivity index (χ1) is 6.38. The fourth-order valence-corrected chi connectivity index (χ4v) is 1.29. The number of hydrogen-bond donors (Lipinski definition) is 1. The Balaban J connectivity index is 0.000000980. The molecule has 14 heavy (non-hydrogen) atoms. The standard InChI is InChI=1S/C11H15NO.ClH/c1-13-11-6-2-9(3-7-11)8-12-10-4-5-10;/h2-3,6-7,10,12H,4-5,8H2,1H3;1H. The van der Waals surface area contributed by atoms with Gasteiger partial charge < -0.3 is 10.1 Å². The molecule has 2 rings (SSSR count). The van der Waals surface area contributed by atoms with Crippen molar-refractivity contribution in [3.8, 4) is 5.75 Å². The number of halogens is 1. The Hall–Kier alpha value is -0.730. The summed E-state index contributed by atoms with van der Waals surface area (Å²) in [4.78, 5) is 0. The van der Waals surface area contributed by atoms with Gasteiger partial charge in [-0.05, 0) is 30.5 Å². The third kappa shape index (κ3) is 3.20. The van der Waals surface area contributed by atoms with E-state index in [1.165, 1.54) is 18.4 Å². The van der Waals surface area contributed by atoms with E-state index < -0.39 is 0 Å². The SMILES string of the molecule is COc1ccc(CNC2CC2)cc1.Cl. The molecule has 1 aliphatic rings. The van der Waals surface area contributed by atoms with Crippen LogP contribution in [-0.4, -0.2) is 13.2 Å². The van der Waals surface area contributed by atoms with Crippen molar-refractivity contribution in [2.24, 2.45) is 0 Å². The van der Waals surface area contributed by atoms with Crippen molar-refractivity contribution in [2.75, 3.05) is 7.11 Å². The molecule has 0 radical (unpaired) electrons. The van der Waals surface area contributed by atoms with E-state index in [1.807, 2.05) is 12.1 Å². The maximum atomic E-state index is 5.09. The summed E-state index contributed by atoms with van der Waals surface area (Å²) in [6.45, 7) is 0.981. The smallest absolute Gasteiger partial charge is 0.118 e. The highest BCUT2D eigenvalue weighted by Crippen LogP contribution is 2.19. The van der Waals surface area contributed by atoms with Crippen LogP contribution in [0.15, 0.2) is 24.3 Å². The van der Waals surface area contributed by atoms with Gasteiger partial charge in [-0.25, -0.2) is 0 Å². The van der Waals surface area contributed by atoms with E-state index >= 15 is 0 Å². The van der Waals surface area contributed by atoms with Crippen molar-refractivity contribution in [3.05, 3.63) is 29.8 Å². The lowest BCUT2D eigenvalue weighted by Gasteiger charge is -2.04. The average molecular weight is 214 g/mol. The van der Waals surface area contributed by atoms with Crippen LogP contribution >= 0.6 is 12.4 Å². The normalized spacial score (nSPS) is 14.6. The Morgan fingerprint density at radius 2 is 1.93 bits per heavy atom. The Kier molecular flexibility index (Phi) is 4.23. The molecule has 0 spiro atoms. The summed E-state index contributed by atoms with van der Waals surface area (Å²) in [5.74, 6) is 0.926. The van der Waals surface area contributed by atoms with E-state index in [9.17, 15) is 0 Å². The molecular formula is C11H16ClNO. The van der Waals surface area contributed by atoms with E-state index in [1.54, 1.807) is 7.11 Å². The highest BCUT2D eigenvalue weighted by atomic mass is 35.5. The first kappa shape index (κ1) is 11.3. The molecular weight excluding hydrogens is 198 g/mol. The minimum Gasteiger partial charge on any atom is -0.497 e. The van der Waals surface area contributed by atoms with Gasteiger partial charge in [0.25, 0.3) is 0 Å². The van der Waals surface area contributed by atoms with Crippen molar-refractivity contribution < 1.29 is 4.74 Å². The zero-order valence-electron chi connectivity index (χ0n) is 8.32. The lowest BCUT2D eigenvalue weighted by atomic mass is 10.2. The first-order valence-electron chi connectivity index (χ1n) is 4.75. The second-order valence-electron chi connectivity index (χ2n) is 3.50. The van der Waals surface area contributed by atoms with Crippen molar-refractivity contribution in [1.29, 1.82) is 0 Å². The Labute approximate surface area is 91.1 Å². The zero-order valence-corrected chi connectivity index (χ0v) is 9.14. The highest BCUT2D eigenvalue weighted by Gasteiger charge is 2.19. The summed E-state index contributed by atoms with van der Waals surface area (Å²) >= 11 is 0. The summed E-state index contributed by atoms with van der Waals surface area (Å²) in [5, 5.41) is 3.47. The van der Waals surface area contributed by atoms with Gasteiger partial charge in [0, 0.05) is 12.6 Å². The minimum absolute atomic E-state index is 0. The van der Waals surface area contributed by atoms with Gasteiger partial charge in [0.05, 0.1) is 7.11 Å². The fraction of sp³-hybridized carbons (Fsp3) is 0.455. The number of methoxy groups -OCH3 is 1. The van der Waals surface area contributed by atoms with Crippen LogP contribution in [0.1, 0.15) is 18.4 Å². The van der Waals surface area contributed by atoms with Crippen molar-refractivity contribution >= 4 is 12.4 Å². The predicted octanol–water partition coefficient (Wildman–Crippen LogP) is 2.37. The molecule has 1 N–H and O–H groups in total. The highest BCUT2D eigenvalue weighted by molar-refractivity contribution is 5.85. The van der Waals surface area contributed by atoms with Crippen LogP contribution in [0, 0.1) is 0 Å². The molecule has 1 saturated carbocycles. The van der Waals surface area contributed by atoms with Crippen LogP contribution in [0.5, 0.6) is 5.75 Å². The van der Waals surface area contributed by atoms with Gasteiger partial charge in [-0.15, -0.1) is 12.4 Å². The third-order valence-electron chi connectivity index (χ3n) is 2.33. The summed E-state index contributed by atoms with van der Waals surface area (Å²) in [6, 6.07) is 9.00. The van der Waals surface area contributed by atoms with Crippen molar-refractivity contribution in [2.45, 2.75) is 25.4 Å². The topological polar surface area (TPSA) is 21.3 Å².